The Bertz CT molecular complexity index is 491. The summed E-state index contributed by atoms with van der Waals surface area (Å²) in [6, 6.07) is 0. The molecule has 2 aromatic rings. The largest absolute Gasteiger partial charge is 0.145 e. The maximum atomic E-state index is 2.25. The summed E-state index contributed by atoms with van der Waals surface area (Å²) in [4.78, 5) is 5.82. The highest BCUT2D eigenvalue weighted by Crippen LogP contribution is 2.42. The minimum Gasteiger partial charge on any atom is -0.145 e. The van der Waals surface area contributed by atoms with Gasteiger partial charge in [0.1, 0.15) is 0 Å². The molecule has 0 N–H and O–H groups in total. The van der Waals surface area contributed by atoms with E-state index in [0.29, 0.717) is 0 Å². The number of hydrogen-bond donors (Lipinski definition) is 0. The molecule has 2 heteroatoms. The highest BCUT2D eigenvalue weighted by Gasteiger charge is 2.18. The van der Waals surface area contributed by atoms with Gasteiger partial charge < -0.3 is 0 Å². The molecule has 2 rings (SSSR count). The van der Waals surface area contributed by atoms with Crippen LogP contribution in [-0.4, -0.2) is 0 Å². The number of rotatable bonds is 1. The van der Waals surface area contributed by atoms with E-state index in [2.05, 4.69) is 41.5 Å². The predicted molar refractivity (Wildman–Crippen MR) is 76.1 cm³/mol. The van der Waals surface area contributed by atoms with Gasteiger partial charge in [0, 0.05) is 19.5 Å². The minimum absolute atomic E-state index is 1.45. The quantitative estimate of drug-likeness (QED) is 0.642. The van der Waals surface area contributed by atoms with E-state index in [4.69, 9.17) is 0 Å². The van der Waals surface area contributed by atoms with Crippen LogP contribution in [0.25, 0.3) is 11.1 Å². The molecule has 0 saturated heterocycles. The van der Waals surface area contributed by atoms with E-state index < -0.39 is 0 Å². The second-order valence-electron chi connectivity index (χ2n) is 4.43. The molecule has 0 amide bonds. The first-order valence-corrected chi connectivity index (χ1v) is 7.20. The Kier molecular flexibility index (Phi) is 2.97. The molecular formula is C14H18S2. The van der Waals surface area contributed by atoms with E-state index in [9.17, 15) is 0 Å². The monoisotopic (exact) mass is 250 g/mol. The average molecular weight is 250 g/mol. The second-order valence-corrected chi connectivity index (χ2v) is 7.29. The van der Waals surface area contributed by atoms with Gasteiger partial charge in [0.15, 0.2) is 0 Å². The molecule has 0 atom stereocenters. The van der Waals surface area contributed by atoms with Gasteiger partial charge >= 0.3 is 0 Å². The molecule has 0 unspecified atom stereocenters. The summed E-state index contributed by atoms with van der Waals surface area (Å²) in [5, 5.41) is 0. The van der Waals surface area contributed by atoms with Crippen molar-refractivity contribution in [2.24, 2.45) is 0 Å². The van der Waals surface area contributed by atoms with Crippen LogP contribution in [0.3, 0.4) is 0 Å². The van der Waals surface area contributed by atoms with E-state index in [-0.39, 0.29) is 0 Å². The van der Waals surface area contributed by atoms with Gasteiger partial charge in [-0.25, -0.2) is 0 Å². The molecule has 0 aliphatic rings. The molecule has 0 spiro atoms. The summed E-state index contributed by atoms with van der Waals surface area (Å²) in [7, 11) is 0. The van der Waals surface area contributed by atoms with Crippen molar-refractivity contribution in [1.82, 2.24) is 0 Å². The first-order chi connectivity index (χ1) is 7.43. The summed E-state index contributed by atoms with van der Waals surface area (Å²) in [5.74, 6) is 0. The standard InChI is InChI=1S/C14H18S2/c1-7-9(3)15-11(5)13(7)14-8(2)10(4)16-12(14)6/h1-6H3. The molecule has 16 heavy (non-hydrogen) atoms. The lowest BCUT2D eigenvalue weighted by atomic mass is 9.98. The molecule has 0 nitrogen and oxygen atoms in total. The molecule has 0 aliphatic heterocycles. The maximum Gasteiger partial charge on any atom is 0.00986 e. The van der Waals surface area contributed by atoms with Crippen LogP contribution in [0.15, 0.2) is 0 Å². The van der Waals surface area contributed by atoms with Gasteiger partial charge in [-0.05, 0) is 63.8 Å². The SMILES string of the molecule is Cc1sc(C)c(-c2c(C)sc(C)c2C)c1C. The predicted octanol–water partition coefficient (Wildman–Crippen LogP) is 5.33. The van der Waals surface area contributed by atoms with Crippen LogP contribution in [0, 0.1) is 41.5 Å². The van der Waals surface area contributed by atoms with Crippen molar-refractivity contribution in [2.75, 3.05) is 0 Å². The molecule has 0 saturated carbocycles. The number of hydrogen-bond acceptors (Lipinski definition) is 2. The third-order valence-corrected chi connectivity index (χ3v) is 5.62. The Morgan fingerprint density at radius 2 is 0.812 bits per heavy atom. The molecule has 0 aliphatic carbocycles. The van der Waals surface area contributed by atoms with Crippen molar-refractivity contribution < 1.29 is 0 Å². The molecule has 86 valence electrons. The number of aryl methyl sites for hydroxylation is 4. The zero-order valence-electron chi connectivity index (χ0n) is 10.8. The minimum atomic E-state index is 1.45. The molecule has 0 aromatic carbocycles. The van der Waals surface area contributed by atoms with Crippen LogP contribution in [0.1, 0.15) is 30.6 Å². The van der Waals surface area contributed by atoms with Crippen LogP contribution in [-0.2, 0) is 0 Å². The summed E-state index contributed by atoms with van der Waals surface area (Å²) in [6.07, 6.45) is 0. The second kappa shape index (κ2) is 4.01. The molecule has 0 fully saturated rings. The highest BCUT2D eigenvalue weighted by molar-refractivity contribution is 7.13. The maximum absolute atomic E-state index is 2.25. The Labute approximate surface area is 106 Å². The van der Waals surface area contributed by atoms with Crippen LogP contribution < -0.4 is 0 Å². The third-order valence-electron chi connectivity index (χ3n) is 3.37. The van der Waals surface area contributed by atoms with E-state index in [1.54, 1.807) is 0 Å². The summed E-state index contributed by atoms with van der Waals surface area (Å²) < 4.78 is 0. The molecule has 0 bridgehead atoms. The highest BCUT2D eigenvalue weighted by atomic mass is 32.1. The van der Waals surface area contributed by atoms with E-state index in [0.717, 1.165) is 0 Å². The molecule has 2 aromatic heterocycles. The van der Waals surface area contributed by atoms with Gasteiger partial charge in [-0.3, -0.25) is 0 Å². The van der Waals surface area contributed by atoms with E-state index >= 15 is 0 Å². The Balaban J connectivity index is 2.76. The van der Waals surface area contributed by atoms with Crippen molar-refractivity contribution in [3.8, 4) is 11.1 Å². The molecule has 0 radical (unpaired) electrons. The van der Waals surface area contributed by atoms with Crippen LogP contribution in [0.2, 0.25) is 0 Å². The van der Waals surface area contributed by atoms with Crippen molar-refractivity contribution >= 4 is 22.7 Å². The first kappa shape index (κ1) is 11.9. The molecule has 2 heterocycles. The fraction of sp³-hybridized carbons (Fsp3) is 0.429. The van der Waals surface area contributed by atoms with Crippen molar-refractivity contribution in [2.45, 2.75) is 41.5 Å². The zero-order valence-corrected chi connectivity index (χ0v) is 12.4. The number of thiophene rings is 2. The lowest BCUT2D eigenvalue weighted by Gasteiger charge is -2.05. The van der Waals surface area contributed by atoms with Crippen molar-refractivity contribution in [1.29, 1.82) is 0 Å². The smallest absolute Gasteiger partial charge is 0.00986 e. The lowest BCUT2D eigenvalue weighted by Crippen LogP contribution is -1.85. The topological polar surface area (TPSA) is 0 Å². The zero-order chi connectivity index (χ0) is 12.0. The van der Waals surface area contributed by atoms with Crippen LogP contribution >= 0.6 is 22.7 Å². The van der Waals surface area contributed by atoms with E-state index in [1.165, 1.54) is 41.8 Å². The van der Waals surface area contributed by atoms with Gasteiger partial charge in [-0.15, -0.1) is 22.7 Å². The van der Waals surface area contributed by atoms with Gasteiger partial charge in [-0.1, -0.05) is 0 Å². The lowest BCUT2D eigenvalue weighted by molar-refractivity contribution is 1.37. The Hall–Kier alpha value is -0.600. The van der Waals surface area contributed by atoms with Crippen LogP contribution in [0.5, 0.6) is 0 Å². The van der Waals surface area contributed by atoms with Gasteiger partial charge in [0.05, 0.1) is 0 Å². The fourth-order valence-electron chi connectivity index (χ4n) is 2.32. The Morgan fingerprint density at radius 1 is 0.500 bits per heavy atom. The summed E-state index contributed by atoms with van der Waals surface area (Å²) in [5.41, 5.74) is 5.90. The normalized spacial score (nSPS) is 11.1. The van der Waals surface area contributed by atoms with Crippen LogP contribution in [0.4, 0.5) is 0 Å². The van der Waals surface area contributed by atoms with Crippen molar-refractivity contribution in [3.05, 3.63) is 30.6 Å². The van der Waals surface area contributed by atoms with Crippen molar-refractivity contribution in [3.63, 3.8) is 0 Å². The fourth-order valence-corrected chi connectivity index (χ4v) is 4.46. The molecular weight excluding hydrogens is 232 g/mol. The summed E-state index contributed by atoms with van der Waals surface area (Å²) >= 11 is 3.84. The Morgan fingerprint density at radius 3 is 1.00 bits per heavy atom. The summed E-state index contributed by atoms with van der Waals surface area (Å²) in [6.45, 7) is 13.4. The van der Waals surface area contributed by atoms with Gasteiger partial charge in [-0.2, -0.15) is 0 Å². The first-order valence-electron chi connectivity index (χ1n) is 5.57. The average Bonchev–Trinajstić information content (AvgIpc) is 2.57. The van der Waals surface area contributed by atoms with Gasteiger partial charge in [0.2, 0.25) is 0 Å². The third kappa shape index (κ3) is 1.64. The van der Waals surface area contributed by atoms with Gasteiger partial charge in [0.25, 0.3) is 0 Å². The van der Waals surface area contributed by atoms with E-state index in [1.807, 2.05) is 22.7 Å².